The molecule has 3 rings (SSSR count). The highest BCUT2D eigenvalue weighted by atomic mass is 16.5. The lowest BCUT2D eigenvalue weighted by Gasteiger charge is -2.27. The Morgan fingerprint density at radius 1 is 1.09 bits per heavy atom. The predicted molar refractivity (Wildman–Crippen MR) is 106 cm³/mol. The SMILES string of the molecule is O=C(O)COCCCOCC(=O)Nc1cccc2c1C(=O)N(C1CCC(=O)NC1=O)C2=O. The van der Waals surface area contributed by atoms with Crippen molar-refractivity contribution in [3.05, 3.63) is 29.3 Å². The number of anilines is 1. The molecule has 0 aliphatic carbocycles. The van der Waals surface area contributed by atoms with Crippen molar-refractivity contribution >= 4 is 41.2 Å². The number of hydrogen-bond donors (Lipinski definition) is 3. The molecule has 2 aliphatic heterocycles. The number of benzene rings is 1. The minimum Gasteiger partial charge on any atom is -0.480 e. The molecule has 12 nitrogen and oxygen atoms in total. The van der Waals surface area contributed by atoms with Gasteiger partial charge in [0, 0.05) is 19.6 Å². The quantitative estimate of drug-likeness (QED) is 0.317. The maximum Gasteiger partial charge on any atom is 0.329 e. The monoisotopic (exact) mass is 447 g/mol. The van der Waals surface area contributed by atoms with Gasteiger partial charge in [-0.2, -0.15) is 0 Å². The zero-order chi connectivity index (χ0) is 23.3. The number of ether oxygens (including phenoxy) is 2. The van der Waals surface area contributed by atoms with Gasteiger partial charge in [0.1, 0.15) is 19.3 Å². The van der Waals surface area contributed by atoms with Crippen LogP contribution in [-0.2, 0) is 28.7 Å². The number of nitrogens with one attached hydrogen (secondary N) is 2. The molecule has 5 amide bonds. The number of amides is 5. The second-order valence-corrected chi connectivity index (χ2v) is 7.08. The van der Waals surface area contributed by atoms with Gasteiger partial charge >= 0.3 is 5.97 Å². The summed E-state index contributed by atoms with van der Waals surface area (Å²) in [6.45, 7) is -0.433. The number of carbonyl (C=O) groups excluding carboxylic acids is 5. The van der Waals surface area contributed by atoms with E-state index in [4.69, 9.17) is 14.6 Å². The molecule has 1 unspecified atom stereocenters. The van der Waals surface area contributed by atoms with Crippen LogP contribution < -0.4 is 10.6 Å². The van der Waals surface area contributed by atoms with Crippen molar-refractivity contribution in [3.8, 4) is 0 Å². The molecule has 0 aromatic heterocycles. The molecule has 1 aromatic carbocycles. The molecule has 1 aromatic rings. The molecular formula is C20H21N3O9. The van der Waals surface area contributed by atoms with Gasteiger partial charge in [-0.1, -0.05) is 6.07 Å². The summed E-state index contributed by atoms with van der Waals surface area (Å²) in [6, 6.07) is 3.27. The Kier molecular flexibility index (Phi) is 7.28. The number of carboxylic acid groups (broad SMARTS) is 1. The maximum atomic E-state index is 12.9. The number of fused-ring (bicyclic) bond motifs is 1. The van der Waals surface area contributed by atoms with E-state index in [1.54, 1.807) is 0 Å². The van der Waals surface area contributed by atoms with Crippen LogP contribution >= 0.6 is 0 Å². The van der Waals surface area contributed by atoms with Gasteiger partial charge in [0.15, 0.2) is 0 Å². The van der Waals surface area contributed by atoms with Gasteiger partial charge in [-0.25, -0.2) is 4.79 Å². The van der Waals surface area contributed by atoms with Crippen molar-refractivity contribution < 1.29 is 43.3 Å². The second kappa shape index (κ2) is 10.1. The summed E-state index contributed by atoms with van der Waals surface area (Å²) >= 11 is 0. The topological polar surface area (TPSA) is 168 Å². The number of piperidine rings is 1. The molecule has 0 radical (unpaired) electrons. The molecule has 2 heterocycles. The van der Waals surface area contributed by atoms with Gasteiger partial charge in [0.05, 0.1) is 16.8 Å². The standard InChI is InChI=1S/C20H21N3O9/c24-14-6-5-13(18(28)22-14)23-19(29)11-3-1-4-12(17(11)20(23)30)21-15(25)9-31-7-2-8-32-10-16(26)27/h1,3-4,13H,2,5-10H2,(H,21,25)(H,26,27)(H,22,24,28). The first-order valence-corrected chi connectivity index (χ1v) is 9.81. The first kappa shape index (κ1) is 23.0. The smallest absolute Gasteiger partial charge is 0.329 e. The van der Waals surface area contributed by atoms with Crippen molar-refractivity contribution in [3.63, 3.8) is 0 Å². The Balaban J connectivity index is 1.59. The fraction of sp³-hybridized carbons (Fsp3) is 0.400. The average molecular weight is 447 g/mol. The largest absolute Gasteiger partial charge is 0.480 e. The lowest BCUT2D eigenvalue weighted by atomic mass is 10.0. The summed E-state index contributed by atoms with van der Waals surface area (Å²) in [7, 11) is 0. The number of carboxylic acids is 1. The van der Waals surface area contributed by atoms with Crippen molar-refractivity contribution in [2.24, 2.45) is 0 Å². The molecule has 12 heteroatoms. The number of imide groups is 2. The van der Waals surface area contributed by atoms with E-state index in [1.165, 1.54) is 18.2 Å². The summed E-state index contributed by atoms with van der Waals surface area (Å²) in [5.41, 5.74) is 0.126. The van der Waals surface area contributed by atoms with Crippen LogP contribution in [0, 0.1) is 0 Å². The Morgan fingerprint density at radius 3 is 2.50 bits per heavy atom. The van der Waals surface area contributed by atoms with E-state index < -0.39 is 48.2 Å². The molecule has 3 N–H and O–H groups in total. The van der Waals surface area contributed by atoms with Gasteiger partial charge in [-0.15, -0.1) is 0 Å². The zero-order valence-corrected chi connectivity index (χ0v) is 16.9. The summed E-state index contributed by atoms with van der Waals surface area (Å²) in [4.78, 5) is 72.6. The Morgan fingerprint density at radius 2 is 1.81 bits per heavy atom. The number of aliphatic carboxylic acids is 1. The van der Waals surface area contributed by atoms with Crippen molar-refractivity contribution in [1.29, 1.82) is 0 Å². The van der Waals surface area contributed by atoms with E-state index in [1.807, 2.05) is 0 Å². The lowest BCUT2D eigenvalue weighted by molar-refractivity contribution is -0.142. The molecule has 0 saturated carbocycles. The van der Waals surface area contributed by atoms with Crippen LogP contribution in [0.1, 0.15) is 40.0 Å². The fourth-order valence-electron chi connectivity index (χ4n) is 3.39. The first-order chi connectivity index (χ1) is 15.3. The molecule has 0 bridgehead atoms. The summed E-state index contributed by atoms with van der Waals surface area (Å²) in [5, 5.41) is 13.1. The molecule has 170 valence electrons. The summed E-state index contributed by atoms with van der Waals surface area (Å²) < 4.78 is 10.0. The minimum atomic E-state index is -1.10. The van der Waals surface area contributed by atoms with Crippen LogP contribution in [0.25, 0.3) is 0 Å². The predicted octanol–water partition coefficient (Wildman–Crippen LogP) is -0.466. The number of carbonyl (C=O) groups is 6. The first-order valence-electron chi connectivity index (χ1n) is 9.81. The van der Waals surface area contributed by atoms with Crippen LogP contribution in [-0.4, -0.2) is 78.0 Å². The molecule has 32 heavy (non-hydrogen) atoms. The van der Waals surface area contributed by atoms with E-state index in [-0.39, 0.29) is 49.5 Å². The van der Waals surface area contributed by atoms with E-state index in [0.717, 1.165) is 4.90 Å². The van der Waals surface area contributed by atoms with Gasteiger partial charge in [0.2, 0.25) is 17.7 Å². The van der Waals surface area contributed by atoms with E-state index in [9.17, 15) is 28.8 Å². The summed E-state index contributed by atoms with van der Waals surface area (Å²) in [5.74, 6) is -4.24. The van der Waals surface area contributed by atoms with Crippen LogP contribution in [0.4, 0.5) is 5.69 Å². The maximum absolute atomic E-state index is 12.9. The summed E-state index contributed by atoms with van der Waals surface area (Å²) in [6.07, 6.45) is 0.420. The average Bonchev–Trinajstić information content (AvgIpc) is 2.98. The van der Waals surface area contributed by atoms with Gasteiger partial charge in [-0.3, -0.25) is 34.2 Å². The Hall–Kier alpha value is -3.64. The molecule has 1 atom stereocenters. The molecule has 0 spiro atoms. The van der Waals surface area contributed by atoms with E-state index in [0.29, 0.717) is 6.42 Å². The number of hydrogen-bond acceptors (Lipinski definition) is 8. The van der Waals surface area contributed by atoms with Gasteiger partial charge < -0.3 is 19.9 Å². The normalized spacial score (nSPS) is 17.9. The lowest BCUT2D eigenvalue weighted by Crippen LogP contribution is -2.54. The Labute approximate surface area is 181 Å². The Bertz CT molecular complexity index is 975. The van der Waals surface area contributed by atoms with Gasteiger partial charge in [-0.05, 0) is 25.0 Å². The third-order valence-electron chi connectivity index (χ3n) is 4.78. The van der Waals surface area contributed by atoms with E-state index >= 15 is 0 Å². The third kappa shape index (κ3) is 5.15. The zero-order valence-electron chi connectivity index (χ0n) is 16.9. The molecule has 1 saturated heterocycles. The van der Waals surface area contributed by atoms with Gasteiger partial charge in [0.25, 0.3) is 11.8 Å². The molecular weight excluding hydrogens is 426 g/mol. The highest BCUT2D eigenvalue weighted by Gasteiger charge is 2.45. The number of nitrogens with zero attached hydrogens (tertiary/aromatic N) is 1. The van der Waals surface area contributed by atoms with Crippen molar-refractivity contribution in [1.82, 2.24) is 10.2 Å². The minimum absolute atomic E-state index is 0.00604. The van der Waals surface area contributed by atoms with Crippen LogP contribution in [0.15, 0.2) is 18.2 Å². The van der Waals surface area contributed by atoms with E-state index in [2.05, 4.69) is 10.6 Å². The van der Waals surface area contributed by atoms with Crippen LogP contribution in [0.3, 0.4) is 0 Å². The van der Waals surface area contributed by atoms with Crippen LogP contribution in [0.5, 0.6) is 0 Å². The van der Waals surface area contributed by atoms with Crippen molar-refractivity contribution in [2.45, 2.75) is 25.3 Å². The highest BCUT2D eigenvalue weighted by Crippen LogP contribution is 2.32. The second-order valence-electron chi connectivity index (χ2n) is 7.08. The molecule has 2 aliphatic rings. The van der Waals surface area contributed by atoms with Crippen molar-refractivity contribution in [2.75, 3.05) is 31.7 Å². The molecule has 1 fully saturated rings. The fourth-order valence-corrected chi connectivity index (χ4v) is 3.39. The number of rotatable bonds is 10. The highest BCUT2D eigenvalue weighted by molar-refractivity contribution is 6.26. The van der Waals surface area contributed by atoms with Crippen LogP contribution in [0.2, 0.25) is 0 Å². The third-order valence-corrected chi connectivity index (χ3v) is 4.78.